The van der Waals surface area contributed by atoms with Gasteiger partial charge in [-0.25, -0.2) is 13.1 Å². The predicted octanol–water partition coefficient (Wildman–Crippen LogP) is 2.18. The summed E-state index contributed by atoms with van der Waals surface area (Å²) in [5.41, 5.74) is 0.0917. The van der Waals surface area contributed by atoms with Crippen molar-refractivity contribution in [3.63, 3.8) is 0 Å². The van der Waals surface area contributed by atoms with Gasteiger partial charge >= 0.3 is 0 Å². The Labute approximate surface area is 127 Å². The van der Waals surface area contributed by atoms with Gasteiger partial charge in [0.15, 0.2) is 0 Å². The second-order valence-corrected chi connectivity index (χ2v) is 7.01. The molecule has 1 aromatic carbocycles. The van der Waals surface area contributed by atoms with Crippen LogP contribution in [0.15, 0.2) is 17.0 Å². The van der Waals surface area contributed by atoms with Crippen LogP contribution in [0.1, 0.15) is 30.1 Å². The van der Waals surface area contributed by atoms with Crippen LogP contribution in [0, 0.1) is 0 Å². The van der Waals surface area contributed by atoms with Gasteiger partial charge in [0.1, 0.15) is 4.90 Å². The lowest BCUT2D eigenvalue weighted by atomic mass is 10.2. The molecular weight excluding hydrogens is 323 g/mol. The highest BCUT2D eigenvalue weighted by atomic mass is 35.5. The number of rotatable bonds is 5. The molecule has 1 aromatic rings. The van der Waals surface area contributed by atoms with E-state index in [0.29, 0.717) is 6.54 Å². The molecule has 0 aromatic heterocycles. The second-order valence-electron chi connectivity index (χ2n) is 4.52. The fraction of sp³-hybridized carbons (Fsp3) is 0.417. The summed E-state index contributed by atoms with van der Waals surface area (Å²) in [4.78, 5) is 11.7. The van der Waals surface area contributed by atoms with Crippen molar-refractivity contribution in [1.29, 1.82) is 0 Å². The summed E-state index contributed by atoms with van der Waals surface area (Å²) in [5, 5.41) is 2.69. The first-order chi connectivity index (χ1) is 9.35. The standard InChI is InChI=1S/C12H14Cl2N2O3S/c1-2-15-12(17)8-5-11(10(14)6-9(8)13)20(18,19)16-7-3-4-7/h5-7,16H,2-4H2,1H3,(H,15,17). The van der Waals surface area contributed by atoms with Gasteiger partial charge in [0, 0.05) is 12.6 Å². The summed E-state index contributed by atoms with van der Waals surface area (Å²) in [6.45, 7) is 2.17. The first-order valence-corrected chi connectivity index (χ1v) is 8.38. The van der Waals surface area contributed by atoms with Gasteiger partial charge in [0.2, 0.25) is 10.0 Å². The normalized spacial score (nSPS) is 15.2. The molecule has 0 saturated heterocycles. The smallest absolute Gasteiger partial charge is 0.252 e. The van der Waals surface area contributed by atoms with Gasteiger partial charge in [-0.15, -0.1) is 0 Å². The lowest BCUT2D eigenvalue weighted by Gasteiger charge is -2.11. The molecule has 8 heteroatoms. The van der Waals surface area contributed by atoms with E-state index in [1.165, 1.54) is 12.1 Å². The maximum atomic E-state index is 12.2. The van der Waals surface area contributed by atoms with Crippen LogP contribution in [-0.2, 0) is 10.0 Å². The van der Waals surface area contributed by atoms with Crippen molar-refractivity contribution in [2.75, 3.05) is 6.54 Å². The van der Waals surface area contributed by atoms with E-state index in [9.17, 15) is 13.2 Å². The number of halogens is 2. The first-order valence-electron chi connectivity index (χ1n) is 6.14. The lowest BCUT2D eigenvalue weighted by Crippen LogP contribution is -2.27. The van der Waals surface area contributed by atoms with Gasteiger partial charge in [-0.1, -0.05) is 23.2 Å². The second kappa shape index (κ2) is 5.89. The molecule has 1 amide bonds. The van der Waals surface area contributed by atoms with Crippen LogP contribution >= 0.6 is 23.2 Å². The average molecular weight is 337 g/mol. The van der Waals surface area contributed by atoms with Crippen LogP contribution in [0.2, 0.25) is 10.0 Å². The Morgan fingerprint density at radius 2 is 1.95 bits per heavy atom. The lowest BCUT2D eigenvalue weighted by molar-refractivity contribution is 0.0956. The molecule has 0 heterocycles. The van der Waals surface area contributed by atoms with Crippen molar-refractivity contribution < 1.29 is 13.2 Å². The molecule has 110 valence electrons. The summed E-state index contributed by atoms with van der Waals surface area (Å²) >= 11 is 11.9. The van der Waals surface area contributed by atoms with Gasteiger partial charge < -0.3 is 5.32 Å². The zero-order valence-corrected chi connectivity index (χ0v) is 13.1. The van der Waals surface area contributed by atoms with Gasteiger partial charge in [0.05, 0.1) is 15.6 Å². The minimum absolute atomic E-state index is 0.00352. The highest BCUT2D eigenvalue weighted by Gasteiger charge is 2.30. The Morgan fingerprint density at radius 3 is 2.50 bits per heavy atom. The van der Waals surface area contributed by atoms with E-state index in [4.69, 9.17) is 23.2 Å². The Balaban J connectivity index is 2.42. The molecule has 0 unspecified atom stereocenters. The monoisotopic (exact) mass is 336 g/mol. The average Bonchev–Trinajstić information content (AvgIpc) is 3.11. The maximum Gasteiger partial charge on any atom is 0.252 e. The molecule has 1 fully saturated rings. The predicted molar refractivity (Wildman–Crippen MR) is 77.8 cm³/mol. The summed E-state index contributed by atoms with van der Waals surface area (Å²) in [5.74, 6) is -0.433. The van der Waals surface area contributed by atoms with Crippen LogP contribution in [0.4, 0.5) is 0 Å². The number of nitrogens with one attached hydrogen (secondary N) is 2. The third-order valence-electron chi connectivity index (χ3n) is 2.79. The summed E-state index contributed by atoms with van der Waals surface area (Å²) < 4.78 is 26.9. The topological polar surface area (TPSA) is 75.3 Å². The summed E-state index contributed by atoms with van der Waals surface area (Å²) in [6, 6.07) is 2.44. The molecule has 5 nitrogen and oxygen atoms in total. The summed E-state index contributed by atoms with van der Waals surface area (Å²) in [6.07, 6.45) is 1.63. The summed E-state index contributed by atoms with van der Waals surface area (Å²) in [7, 11) is -3.74. The van der Waals surface area contributed by atoms with E-state index in [1.54, 1.807) is 6.92 Å². The highest BCUT2D eigenvalue weighted by molar-refractivity contribution is 7.89. The van der Waals surface area contributed by atoms with Gasteiger partial charge in [-0.05, 0) is 31.9 Å². The minimum atomic E-state index is -3.74. The van der Waals surface area contributed by atoms with Crippen molar-refractivity contribution in [3.05, 3.63) is 27.7 Å². The molecule has 1 saturated carbocycles. The maximum absolute atomic E-state index is 12.2. The number of amides is 1. The largest absolute Gasteiger partial charge is 0.352 e. The first kappa shape index (κ1) is 15.6. The molecule has 2 rings (SSSR count). The quantitative estimate of drug-likeness (QED) is 0.865. The third kappa shape index (κ3) is 3.44. The van der Waals surface area contributed by atoms with Gasteiger partial charge in [-0.3, -0.25) is 4.79 Å². The van der Waals surface area contributed by atoms with Crippen molar-refractivity contribution >= 4 is 39.1 Å². The van der Waals surface area contributed by atoms with Crippen LogP contribution < -0.4 is 10.0 Å². The van der Waals surface area contributed by atoms with Gasteiger partial charge in [-0.2, -0.15) is 0 Å². The molecule has 0 bridgehead atoms. The van der Waals surface area contributed by atoms with E-state index >= 15 is 0 Å². The Bertz CT molecular complexity index is 642. The van der Waals surface area contributed by atoms with Crippen molar-refractivity contribution in [3.8, 4) is 0 Å². The number of sulfonamides is 1. The van der Waals surface area contributed by atoms with Crippen molar-refractivity contribution in [2.45, 2.75) is 30.7 Å². The third-order valence-corrected chi connectivity index (χ3v) is 5.09. The molecule has 0 atom stereocenters. The fourth-order valence-electron chi connectivity index (χ4n) is 1.65. The molecular formula is C12H14Cl2N2O3S. The molecule has 0 radical (unpaired) electrons. The van der Waals surface area contributed by atoms with Crippen molar-refractivity contribution in [1.82, 2.24) is 10.0 Å². The van der Waals surface area contributed by atoms with Crippen LogP contribution in [0.3, 0.4) is 0 Å². The highest BCUT2D eigenvalue weighted by Crippen LogP contribution is 2.30. The van der Waals surface area contributed by atoms with Crippen LogP contribution in [0.25, 0.3) is 0 Å². The Kier molecular flexibility index (Phi) is 4.59. The van der Waals surface area contributed by atoms with E-state index in [0.717, 1.165) is 12.8 Å². The van der Waals surface area contributed by atoms with E-state index < -0.39 is 15.9 Å². The number of hydrogen-bond acceptors (Lipinski definition) is 3. The fourth-order valence-corrected chi connectivity index (χ4v) is 3.81. The molecule has 2 N–H and O–H groups in total. The number of carbonyl (C=O) groups is 1. The molecule has 0 aliphatic heterocycles. The number of benzene rings is 1. The van der Waals surface area contributed by atoms with E-state index in [1.807, 2.05) is 0 Å². The van der Waals surface area contributed by atoms with Crippen LogP contribution in [-0.4, -0.2) is 26.9 Å². The van der Waals surface area contributed by atoms with E-state index in [2.05, 4.69) is 10.0 Å². The van der Waals surface area contributed by atoms with Gasteiger partial charge in [0.25, 0.3) is 5.91 Å². The van der Waals surface area contributed by atoms with Crippen LogP contribution in [0.5, 0.6) is 0 Å². The SMILES string of the molecule is CCNC(=O)c1cc(S(=O)(=O)NC2CC2)c(Cl)cc1Cl. The van der Waals surface area contributed by atoms with Crippen molar-refractivity contribution in [2.24, 2.45) is 0 Å². The number of hydrogen-bond donors (Lipinski definition) is 2. The zero-order chi connectivity index (χ0) is 14.9. The molecule has 20 heavy (non-hydrogen) atoms. The number of carbonyl (C=O) groups excluding carboxylic acids is 1. The Morgan fingerprint density at radius 1 is 1.30 bits per heavy atom. The zero-order valence-electron chi connectivity index (χ0n) is 10.7. The molecule has 0 spiro atoms. The minimum Gasteiger partial charge on any atom is -0.352 e. The molecule has 1 aliphatic carbocycles. The Hall–Kier alpha value is -0.820. The molecule has 1 aliphatic rings. The van der Waals surface area contributed by atoms with E-state index in [-0.39, 0.29) is 26.5 Å².